The molecule has 0 radical (unpaired) electrons. The Morgan fingerprint density at radius 3 is 3.05 bits per heavy atom. The van der Waals surface area contributed by atoms with E-state index in [2.05, 4.69) is 6.07 Å². The molecule has 1 aliphatic heterocycles. The number of hydrogen-bond donors (Lipinski definition) is 1. The molecule has 1 fully saturated rings. The van der Waals surface area contributed by atoms with Crippen LogP contribution in [0.1, 0.15) is 49.8 Å². The molecular weight excluding hydrogens is 252 g/mol. The highest BCUT2D eigenvalue weighted by Gasteiger charge is 2.31. The summed E-state index contributed by atoms with van der Waals surface area (Å²) < 4.78 is 11.2. The van der Waals surface area contributed by atoms with E-state index in [-0.39, 0.29) is 6.10 Å². The van der Waals surface area contributed by atoms with Crippen molar-refractivity contribution >= 4 is 0 Å². The maximum Gasteiger partial charge on any atom is 0.122 e. The highest BCUT2D eigenvalue weighted by molar-refractivity contribution is 5.39. The second kappa shape index (κ2) is 6.15. The summed E-state index contributed by atoms with van der Waals surface area (Å²) in [6.45, 7) is 3.65. The normalized spacial score (nSPS) is 26.3. The molecule has 1 heterocycles. The van der Waals surface area contributed by atoms with Crippen LogP contribution < -0.4 is 4.74 Å². The van der Waals surface area contributed by atoms with Crippen molar-refractivity contribution in [3.8, 4) is 5.75 Å². The van der Waals surface area contributed by atoms with E-state index in [9.17, 15) is 5.11 Å². The number of aliphatic hydroxyl groups excluding tert-OH is 1. The molecule has 1 saturated carbocycles. The maximum atomic E-state index is 10.4. The first-order chi connectivity index (χ1) is 9.76. The molecule has 1 atom stereocenters. The number of aryl methyl sites for hydroxylation is 1. The summed E-state index contributed by atoms with van der Waals surface area (Å²) in [4.78, 5) is 0. The molecule has 3 heteroatoms. The summed E-state index contributed by atoms with van der Waals surface area (Å²) in [7, 11) is 0. The number of benzene rings is 1. The van der Waals surface area contributed by atoms with Crippen LogP contribution in [0.15, 0.2) is 18.2 Å². The Balaban J connectivity index is 1.56. The highest BCUT2D eigenvalue weighted by atomic mass is 16.5. The first kappa shape index (κ1) is 13.9. The van der Waals surface area contributed by atoms with Crippen LogP contribution in [0, 0.1) is 5.92 Å². The van der Waals surface area contributed by atoms with Crippen LogP contribution in [-0.2, 0) is 11.2 Å². The molecule has 1 aromatic carbocycles. The minimum absolute atomic E-state index is 0.352. The second-order valence-corrected chi connectivity index (χ2v) is 5.99. The first-order valence-corrected chi connectivity index (χ1v) is 7.81. The van der Waals surface area contributed by atoms with E-state index in [1.54, 1.807) is 0 Å². The fraction of sp³-hybridized carbons (Fsp3) is 0.647. The molecule has 3 rings (SSSR count). The molecule has 1 N–H and O–H groups in total. The standard InChI is InChI=1S/C17H24O3/c1-2-19-15-8-12(9-15)10-16(18)13-5-6-17-14(11-13)4-3-7-20-17/h5-6,11-12,15-16,18H,2-4,7-10H2,1H3. The lowest BCUT2D eigenvalue weighted by atomic mass is 9.77. The van der Waals surface area contributed by atoms with Gasteiger partial charge >= 0.3 is 0 Å². The van der Waals surface area contributed by atoms with Crippen molar-refractivity contribution in [3.63, 3.8) is 0 Å². The SMILES string of the molecule is CCOC1CC(CC(O)c2ccc3c(c2)CCCO3)C1. The largest absolute Gasteiger partial charge is 0.493 e. The van der Waals surface area contributed by atoms with Gasteiger partial charge < -0.3 is 14.6 Å². The van der Waals surface area contributed by atoms with Crippen molar-refractivity contribution in [3.05, 3.63) is 29.3 Å². The van der Waals surface area contributed by atoms with E-state index >= 15 is 0 Å². The van der Waals surface area contributed by atoms with Gasteiger partial charge in [-0.2, -0.15) is 0 Å². The third-order valence-electron chi connectivity index (χ3n) is 4.47. The molecule has 20 heavy (non-hydrogen) atoms. The van der Waals surface area contributed by atoms with Gasteiger partial charge in [0.15, 0.2) is 0 Å². The maximum absolute atomic E-state index is 10.4. The average molecular weight is 276 g/mol. The second-order valence-electron chi connectivity index (χ2n) is 5.99. The van der Waals surface area contributed by atoms with Crippen LogP contribution in [-0.4, -0.2) is 24.4 Å². The van der Waals surface area contributed by atoms with Crippen molar-refractivity contribution in [1.82, 2.24) is 0 Å². The smallest absolute Gasteiger partial charge is 0.122 e. The zero-order valence-electron chi connectivity index (χ0n) is 12.2. The van der Waals surface area contributed by atoms with Gasteiger partial charge in [-0.1, -0.05) is 6.07 Å². The van der Waals surface area contributed by atoms with Crippen LogP contribution >= 0.6 is 0 Å². The van der Waals surface area contributed by atoms with Gasteiger partial charge in [-0.15, -0.1) is 0 Å². The lowest BCUT2D eigenvalue weighted by molar-refractivity contribution is -0.0380. The van der Waals surface area contributed by atoms with Crippen LogP contribution in [0.4, 0.5) is 0 Å². The van der Waals surface area contributed by atoms with Gasteiger partial charge in [0.1, 0.15) is 5.75 Å². The Labute approximate surface area is 120 Å². The predicted octanol–water partition coefficient (Wildman–Crippen LogP) is 3.25. The molecule has 0 bridgehead atoms. The molecule has 1 aromatic rings. The number of ether oxygens (including phenoxy) is 2. The van der Waals surface area contributed by atoms with Crippen LogP contribution in [0.3, 0.4) is 0 Å². The quantitative estimate of drug-likeness (QED) is 0.897. The Hall–Kier alpha value is -1.06. The average Bonchev–Trinajstić information content (AvgIpc) is 2.44. The topological polar surface area (TPSA) is 38.7 Å². The zero-order chi connectivity index (χ0) is 13.9. The Kier molecular flexibility index (Phi) is 4.27. The van der Waals surface area contributed by atoms with Crippen LogP contribution in [0.2, 0.25) is 0 Å². The zero-order valence-corrected chi connectivity index (χ0v) is 12.2. The molecule has 1 unspecified atom stereocenters. The highest BCUT2D eigenvalue weighted by Crippen LogP contribution is 2.38. The molecule has 3 nitrogen and oxygen atoms in total. The fourth-order valence-electron chi connectivity index (χ4n) is 3.28. The lowest BCUT2D eigenvalue weighted by Crippen LogP contribution is -2.32. The number of aliphatic hydroxyl groups is 1. The summed E-state index contributed by atoms with van der Waals surface area (Å²) in [5.41, 5.74) is 2.28. The van der Waals surface area contributed by atoms with Crippen molar-refractivity contribution in [2.24, 2.45) is 5.92 Å². The molecule has 110 valence electrons. The van der Waals surface area contributed by atoms with Gasteiger partial charge in [-0.3, -0.25) is 0 Å². The summed E-state index contributed by atoms with van der Waals surface area (Å²) >= 11 is 0. The summed E-state index contributed by atoms with van der Waals surface area (Å²) in [5, 5.41) is 10.4. The van der Waals surface area contributed by atoms with Gasteiger partial charge in [0.2, 0.25) is 0 Å². The number of rotatable bonds is 5. The molecule has 2 aliphatic rings. The number of hydrogen-bond acceptors (Lipinski definition) is 3. The Morgan fingerprint density at radius 2 is 2.25 bits per heavy atom. The molecule has 1 aliphatic carbocycles. The van der Waals surface area contributed by atoms with Gasteiger partial charge in [-0.25, -0.2) is 0 Å². The lowest BCUT2D eigenvalue weighted by Gasteiger charge is -2.36. The Morgan fingerprint density at radius 1 is 1.40 bits per heavy atom. The van der Waals surface area contributed by atoms with Crippen LogP contribution in [0.25, 0.3) is 0 Å². The molecule has 0 amide bonds. The van der Waals surface area contributed by atoms with E-state index < -0.39 is 0 Å². The van der Waals surface area contributed by atoms with Gasteiger partial charge in [0, 0.05) is 6.61 Å². The minimum atomic E-state index is -0.352. The van der Waals surface area contributed by atoms with Crippen molar-refractivity contribution in [2.75, 3.05) is 13.2 Å². The first-order valence-electron chi connectivity index (χ1n) is 7.81. The van der Waals surface area contributed by atoms with Crippen molar-refractivity contribution in [1.29, 1.82) is 0 Å². The van der Waals surface area contributed by atoms with E-state index in [1.807, 2.05) is 19.1 Å². The number of fused-ring (bicyclic) bond motifs is 1. The molecular formula is C17H24O3. The van der Waals surface area contributed by atoms with Gasteiger partial charge in [0.05, 0.1) is 18.8 Å². The van der Waals surface area contributed by atoms with Gasteiger partial charge in [0.25, 0.3) is 0 Å². The molecule has 0 aromatic heterocycles. The summed E-state index contributed by atoms with van der Waals surface area (Å²) in [6, 6.07) is 6.14. The third-order valence-corrected chi connectivity index (χ3v) is 4.47. The van der Waals surface area contributed by atoms with E-state index in [1.165, 1.54) is 5.56 Å². The molecule has 0 spiro atoms. The van der Waals surface area contributed by atoms with E-state index in [0.29, 0.717) is 12.0 Å². The van der Waals surface area contributed by atoms with Gasteiger partial charge in [-0.05, 0) is 68.2 Å². The summed E-state index contributed by atoms with van der Waals surface area (Å²) in [5.74, 6) is 1.60. The van der Waals surface area contributed by atoms with E-state index in [4.69, 9.17) is 9.47 Å². The Bertz CT molecular complexity index is 452. The van der Waals surface area contributed by atoms with Crippen molar-refractivity contribution < 1.29 is 14.6 Å². The minimum Gasteiger partial charge on any atom is -0.493 e. The monoisotopic (exact) mass is 276 g/mol. The third kappa shape index (κ3) is 2.99. The molecule has 0 saturated heterocycles. The van der Waals surface area contributed by atoms with E-state index in [0.717, 1.165) is 56.6 Å². The summed E-state index contributed by atoms with van der Waals surface area (Å²) in [6.07, 6.45) is 5.25. The van der Waals surface area contributed by atoms with Crippen molar-refractivity contribution in [2.45, 2.75) is 51.2 Å². The predicted molar refractivity (Wildman–Crippen MR) is 78.0 cm³/mol. The van der Waals surface area contributed by atoms with Crippen LogP contribution in [0.5, 0.6) is 5.75 Å². The fourth-order valence-corrected chi connectivity index (χ4v) is 3.28.